The lowest BCUT2D eigenvalue weighted by Crippen LogP contribution is -2.45. The summed E-state index contributed by atoms with van der Waals surface area (Å²) in [5, 5.41) is 11.3. The van der Waals surface area contributed by atoms with Crippen molar-refractivity contribution in [3.63, 3.8) is 0 Å². The highest BCUT2D eigenvalue weighted by Gasteiger charge is 2.33. The van der Waals surface area contributed by atoms with Gasteiger partial charge in [0, 0.05) is 43.9 Å². The Hall–Kier alpha value is -2.17. The first kappa shape index (κ1) is 19.2. The number of benzene rings is 1. The quantitative estimate of drug-likeness (QED) is 0.741. The van der Waals surface area contributed by atoms with Gasteiger partial charge in [0.25, 0.3) is 0 Å². The molecule has 4 nitrogen and oxygen atoms in total. The van der Waals surface area contributed by atoms with Crippen LogP contribution in [0.5, 0.6) is 0 Å². The molecule has 3 heterocycles. The molecule has 4 heteroatoms. The van der Waals surface area contributed by atoms with Crippen LogP contribution in [0.1, 0.15) is 50.4 Å². The Kier molecular flexibility index (Phi) is 5.02. The summed E-state index contributed by atoms with van der Waals surface area (Å²) in [4.78, 5) is 7.33. The van der Waals surface area contributed by atoms with Gasteiger partial charge < -0.3 is 9.51 Å². The van der Waals surface area contributed by atoms with E-state index in [1.165, 1.54) is 5.56 Å². The molecule has 0 unspecified atom stereocenters. The van der Waals surface area contributed by atoms with Crippen molar-refractivity contribution in [2.75, 3.05) is 13.1 Å². The van der Waals surface area contributed by atoms with Crippen LogP contribution in [0.15, 0.2) is 54.9 Å². The van der Waals surface area contributed by atoms with E-state index in [1.807, 2.05) is 6.20 Å². The van der Waals surface area contributed by atoms with Crippen molar-refractivity contribution in [1.29, 1.82) is 0 Å². The van der Waals surface area contributed by atoms with Crippen LogP contribution in [0.3, 0.4) is 0 Å². The predicted octanol–water partition coefficient (Wildman–Crippen LogP) is 4.20. The van der Waals surface area contributed by atoms with Gasteiger partial charge >= 0.3 is 0 Å². The number of fused-ring (bicyclic) bond motifs is 1. The summed E-state index contributed by atoms with van der Waals surface area (Å²) >= 11 is 0. The van der Waals surface area contributed by atoms with E-state index >= 15 is 0 Å². The number of piperidine rings is 1. The molecule has 0 aliphatic carbocycles. The summed E-state index contributed by atoms with van der Waals surface area (Å²) in [7, 11) is 0. The van der Waals surface area contributed by atoms with Crippen LogP contribution in [0.2, 0.25) is 0 Å². The number of nitrogens with zero attached hydrogens (tertiary/aromatic N) is 3. The minimum atomic E-state index is -0.650. The van der Waals surface area contributed by atoms with Crippen LogP contribution < -0.4 is 0 Å². The summed E-state index contributed by atoms with van der Waals surface area (Å²) in [6.07, 6.45) is 6.43. The zero-order valence-electron chi connectivity index (χ0n) is 17.2. The molecule has 1 fully saturated rings. The summed E-state index contributed by atoms with van der Waals surface area (Å²) in [5.74, 6) is 0. The van der Waals surface area contributed by atoms with Gasteiger partial charge in [-0.1, -0.05) is 57.2 Å². The van der Waals surface area contributed by atoms with Crippen molar-refractivity contribution in [2.24, 2.45) is 0 Å². The molecule has 1 aliphatic rings. The van der Waals surface area contributed by atoms with E-state index in [2.05, 4.69) is 78.7 Å². The molecule has 1 aliphatic heterocycles. The Labute approximate surface area is 167 Å². The highest BCUT2D eigenvalue weighted by molar-refractivity contribution is 5.50. The molecule has 2 aromatic heterocycles. The van der Waals surface area contributed by atoms with Crippen molar-refractivity contribution in [2.45, 2.75) is 57.6 Å². The third-order valence-corrected chi connectivity index (χ3v) is 5.89. The molecule has 28 heavy (non-hydrogen) atoms. The SMILES string of the molecule is CC(C)(C)c1cn2cccc(CC3(O)CCN(Cc4ccccc4)CC3)c2n1. The Bertz CT molecular complexity index is 931. The van der Waals surface area contributed by atoms with E-state index in [0.29, 0.717) is 6.42 Å². The lowest BCUT2D eigenvalue weighted by molar-refractivity contribution is -0.0223. The van der Waals surface area contributed by atoms with Gasteiger partial charge in [0.1, 0.15) is 5.65 Å². The monoisotopic (exact) mass is 377 g/mol. The Morgan fingerprint density at radius 1 is 1.04 bits per heavy atom. The van der Waals surface area contributed by atoms with Gasteiger partial charge in [0.15, 0.2) is 0 Å². The molecular formula is C24H31N3O. The number of aromatic nitrogens is 2. The second-order valence-corrected chi connectivity index (χ2v) is 9.30. The molecule has 0 radical (unpaired) electrons. The molecule has 3 aromatic rings. The maximum atomic E-state index is 11.3. The molecule has 148 valence electrons. The standard InChI is InChI=1S/C24H31N3O/c1-23(2,3)21-18-27-13-7-10-20(22(27)25-21)16-24(28)11-14-26(15-12-24)17-19-8-5-4-6-9-19/h4-10,13,18,28H,11-12,14-17H2,1-3H3. The molecule has 4 rings (SSSR count). The van der Waals surface area contributed by atoms with Gasteiger partial charge in [-0.25, -0.2) is 4.98 Å². The van der Waals surface area contributed by atoms with Crippen molar-refractivity contribution in [3.05, 3.63) is 71.7 Å². The average molecular weight is 378 g/mol. The highest BCUT2D eigenvalue weighted by atomic mass is 16.3. The zero-order valence-corrected chi connectivity index (χ0v) is 17.2. The first-order valence-corrected chi connectivity index (χ1v) is 10.3. The number of likely N-dealkylation sites (tertiary alicyclic amines) is 1. The molecular weight excluding hydrogens is 346 g/mol. The number of hydrogen-bond donors (Lipinski definition) is 1. The number of pyridine rings is 1. The topological polar surface area (TPSA) is 40.8 Å². The number of rotatable bonds is 4. The molecule has 0 atom stereocenters. The highest BCUT2D eigenvalue weighted by Crippen LogP contribution is 2.30. The largest absolute Gasteiger partial charge is 0.389 e. The Morgan fingerprint density at radius 3 is 2.43 bits per heavy atom. The van der Waals surface area contributed by atoms with E-state index in [4.69, 9.17) is 4.98 Å². The lowest BCUT2D eigenvalue weighted by Gasteiger charge is -2.38. The smallest absolute Gasteiger partial charge is 0.140 e. The molecule has 0 spiro atoms. The predicted molar refractivity (Wildman–Crippen MR) is 113 cm³/mol. The van der Waals surface area contributed by atoms with E-state index < -0.39 is 5.60 Å². The second kappa shape index (κ2) is 7.34. The molecule has 0 amide bonds. The van der Waals surface area contributed by atoms with Crippen molar-refractivity contribution in [3.8, 4) is 0 Å². The number of aliphatic hydroxyl groups is 1. The summed E-state index contributed by atoms with van der Waals surface area (Å²) in [6, 6.07) is 14.8. The normalized spacial score (nSPS) is 17.9. The fourth-order valence-electron chi connectivity index (χ4n) is 4.07. The third-order valence-electron chi connectivity index (χ3n) is 5.89. The van der Waals surface area contributed by atoms with Crippen molar-refractivity contribution >= 4 is 5.65 Å². The first-order valence-electron chi connectivity index (χ1n) is 10.3. The molecule has 0 saturated carbocycles. The van der Waals surface area contributed by atoms with Gasteiger partial charge in [-0.15, -0.1) is 0 Å². The lowest BCUT2D eigenvalue weighted by atomic mass is 9.85. The van der Waals surface area contributed by atoms with Gasteiger partial charge in [-0.3, -0.25) is 4.90 Å². The fraction of sp³-hybridized carbons (Fsp3) is 0.458. The zero-order chi connectivity index (χ0) is 19.8. The van der Waals surface area contributed by atoms with Gasteiger partial charge in [-0.05, 0) is 30.0 Å². The van der Waals surface area contributed by atoms with Crippen molar-refractivity contribution < 1.29 is 5.11 Å². The van der Waals surface area contributed by atoms with E-state index in [-0.39, 0.29) is 5.41 Å². The van der Waals surface area contributed by atoms with Crippen LogP contribution in [0, 0.1) is 0 Å². The summed E-state index contributed by atoms with van der Waals surface area (Å²) in [6.45, 7) is 9.37. The van der Waals surface area contributed by atoms with Crippen molar-refractivity contribution in [1.82, 2.24) is 14.3 Å². The number of hydrogen-bond acceptors (Lipinski definition) is 3. The van der Waals surface area contributed by atoms with Gasteiger partial charge in [0.05, 0.1) is 11.3 Å². The summed E-state index contributed by atoms with van der Waals surface area (Å²) in [5.41, 5.74) is 3.91. The van der Waals surface area contributed by atoms with Gasteiger partial charge in [-0.2, -0.15) is 0 Å². The van der Waals surface area contributed by atoms with Crippen LogP contribution in [0.4, 0.5) is 0 Å². The minimum Gasteiger partial charge on any atom is -0.389 e. The van der Waals surface area contributed by atoms with Crippen LogP contribution >= 0.6 is 0 Å². The Balaban J connectivity index is 1.46. The summed E-state index contributed by atoms with van der Waals surface area (Å²) < 4.78 is 2.10. The first-order chi connectivity index (χ1) is 13.3. The van der Waals surface area contributed by atoms with E-state index in [1.54, 1.807) is 0 Å². The van der Waals surface area contributed by atoms with Gasteiger partial charge in [0.2, 0.25) is 0 Å². The third kappa shape index (κ3) is 4.13. The van der Waals surface area contributed by atoms with E-state index in [9.17, 15) is 5.11 Å². The maximum absolute atomic E-state index is 11.3. The maximum Gasteiger partial charge on any atom is 0.140 e. The van der Waals surface area contributed by atoms with Crippen LogP contribution in [-0.2, 0) is 18.4 Å². The number of imidazole rings is 1. The molecule has 1 N–H and O–H groups in total. The minimum absolute atomic E-state index is 0.0168. The van der Waals surface area contributed by atoms with E-state index in [0.717, 1.165) is 49.4 Å². The molecule has 1 saturated heterocycles. The Morgan fingerprint density at radius 2 is 1.75 bits per heavy atom. The average Bonchev–Trinajstić information content (AvgIpc) is 3.11. The molecule has 0 bridgehead atoms. The molecule has 1 aromatic carbocycles. The fourth-order valence-corrected chi connectivity index (χ4v) is 4.07. The second-order valence-electron chi connectivity index (χ2n) is 9.30. The van der Waals surface area contributed by atoms with Crippen LogP contribution in [-0.4, -0.2) is 38.1 Å². The van der Waals surface area contributed by atoms with Crippen LogP contribution in [0.25, 0.3) is 5.65 Å².